The number of hydrazone groups is 1. The van der Waals surface area contributed by atoms with E-state index in [9.17, 15) is 23.1 Å². The number of hydrogen-bond acceptors (Lipinski definition) is 6. The lowest BCUT2D eigenvalue weighted by atomic mass is 10.1. The smallest absolute Gasteiger partial charge is 0.428 e. The van der Waals surface area contributed by atoms with E-state index in [0.29, 0.717) is 0 Å². The Morgan fingerprint density at radius 3 is 2.62 bits per heavy atom. The van der Waals surface area contributed by atoms with E-state index in [-0.39, 0.29) is 17.9 Å². The summed E-state index contributed by atoms with van der Waals surface area (Å²) < 4.78 is 49.6. The number of cyclic esters (lactones) is 1. The van der Waals surface area contributed by atoms with Crippen LogP contribution in [0.25, 0.3) is 0 Å². The fourth-order valence-electron chi connectivity index (χ4n) is 1.89. The van der Waals surface area contributed by atoms with Crippen LogP contribution in [0.4, 0.5) is 18.0 Å². The third-order valence-electron chi connectivity index (χ3n) is 2.95. The van der Waals surface area contributed by atoms with Gasteiger partial charge in [-0.05, 0) is 26.8 Å². The Morgan fingerprint density at radius 1 is 1.42 bits per heavy atom. The van der Waals surface area contributed by atoms with E-state index in [4.69, 9.17) is 9.47 Å². The molecule has 0 saturated carbocycles. The van der Waals surface area contributed by atoms with Crippen molar-refractivity contribution >= 4 is 11.8 Å². The third kappa shape index (κ3) is 4.34. The number of ether oxygens (including phenoxy) is 2. The summed E-state index contributed by atoms with van der Waals surface area (Å²) in [7, 11) is 0. The van der Waals surface area contributed by atoms with Gasteiger partial charge in [0.05, 0.1) is 5.60 Å². The average Bonchev–Trinajstić information content (AvgIpc) is 2.43. The fraction of sp³-hybridized carbons (Fsp3) is 0.500. The van der Waals surface area contributed by atoms with E-state index in [1.807, 2.05) is 5.43 Å². The van der Waals surface area contributed by atoms with Gasteiger partial charge in [0, 0.05) is 11.8 Å². The first-order valence-corrected chi connectivity index (χ1v) is 6.94. The minimum Gasteiger partial charge on any atom is -0.474 e. The highest BCUT2D eigenvalue weighted by atomic mass is 19.4. The Labute approximate surface area is 135 Å². The lowest BCUT2D eigenvalue weighted by Crippen LogP contribution is -2.37. The van der Waals surface area contributed by atoms with Gasteiger partial charge in [-0.2, -0.15) is 18.3 Å². The number of nitrogens with one attached hydrogen (secondary N) is 1. The molecule has 0 aromatic carbocycles. The van der Waals surface area contributed by atoms with Crippen LogP contribution in [0.2, 0.25) is 0 Å². The number of pyridine rings is 1. The highest BCUT2D eigenvalue weighted by molar-refractivity contribution is 6.05. The first-order valence-electron chi connectivity index (χ1n) is 6.94. The van der Waals surface area contributed by atoms with Crippen LogP contribution < -0.4 is 10.2 Å². The zero-order valence-electron chi connectivity index (χ0n) is 13.1. The molecule has 1 aliphatic heterocycles. The predicted octanol–water partition coefficient (Wildman–Crippen LogP) is 2.08. The van der Waals surface area contributed by atoms with Crippen molar-refractivity contribution in [1.29, 1.82) is 0 Å². The maximum atomic E-state index is 13.3. The molecule has 0 spiro atoms. The number of amides is 1. The number of halogens is 3. The van der Waals surface area contributed by atoms with Gasteiger partial charge in [0.15, 0.2) is 0 Å². The zero-order valence-corrected chi connectivity index (χ0v) is 13.1. The van der Waals surface area contributed by atoms with Gasteiger partial charge in [0.1, 0.15) is 24.0 Å². The summed E-state index contributed by atoms with van der Waals surface area (Å²) in [6.07, 6.45) is -5.21. The number of carbonyl (C=O) groups excluding carboxylic acids is 1. The SMILES string of the molecule is CC1OC(=O)NN=C1c1cnc(OCC(C)(C)O)c(C(F)(F)F)c1. The van der Waals surface area contributed by atoms with Gasteiger partial charge in [-0.3, -0.25) is 0 Å². The summed E-state index contributed by atoms with van der Waals surface area (Å²) in [4.78, 5) is 14.7. The van der Waals surface area contributed by atoms with Crippen LogP contribution in [0.1, 0.15) is 31.9 Å². The molecule has 2 heterocycles. The number of aromatic nitrogens is 1. The van der Waals surface area contributed by atoms with Crippen molar-refractivity contribution in [3.8, 4) is 5.88 Å². The van der Waals surface area contributed by atoms with Crippen molar-refractivity contribution in [3.05, 3.63) is 23.4 Å². The molecule has 0 bridgehead atoms. The molecule has 0 aliphatic carbocycles. The molecule has 1 aliphatic rings. The van der Waals surface area contributed by atoms with E-state index in [1.165, 1.54) is 20.8 Å². The molecular weight excluding hydrogens is 331 g/mol. The standard InChI is InChI=1S/C14H16F3N3O4/c1-7-10(19-20-12(21)24-7)8-4-9(14(15,16)17)11(18-5-8)23-6-13(2,3)22/h4-5,7,22H,6H2,1-3H3,(H,20,21). The second-order valence-corrected chi connectivity index (χ2v) is 5.83. The molecule has 2 rings (SSSR count). The van der Waals surface area contributed by atoms with Crippen LogP contribution >= 0.6 is 0 Å². The summed E-state index contributed by atoms with van der Waals surface area (Å²) in [6.45, 7) is 3.91. The van der Waals surface area contributed by atoms with Crippen molar-refractivity contribution in [3.63, 3.8) is 0 Å². The van der Waals surface area contributed by atoms with E-state index in [0.717, 1.165) is 12.3 Å². The van der Waals surface area contributed by atoms with Gasteiger partial charge in [-0.15, -0.1) is 0 Å². The van der Waals surface area contributed by atoms with Crippen LogP contribution in [0.5, 0.6) is 5.88 Å². The molecule has 10 heteroatoms. The molecule has 1 aromatic rings. The Bertz CT molecular complexity index is 668. The summed E-state index contributed by atoms with van der Waals surface area (Å²) in [5.41, 5.74) is -0.267. The quantitative estimate of drug-likeness (QED) is 0.870. The second kappa shape index (κ2) is 6.27. The van der Waals surface area contributed by atoms with Crippen molar-refractivity contribution in [2.45, 2.75) is 38.7 Å². The molecule has 2 N–H and O–H groups in total. The maximum Gasteiger partial charge on any atom is 0.428 e. The monoisotopic (exact) mass is 347 g/mol. The van der Waals surface area contributed by atoms with Gasteiger partial charge in [-0.25, -0.2) is 15.2 Å². The maximum absolute atomic E-state index is 13.3. The Hall–Kier alpha value is -2.36. The van der Waals surface area contributed by atoms with Gasteiger partial charge < -0.3 is 14.6 Å². The first kappa shape index (κ1) is 18.0. The molecule has 132 valence electrons. The normalized spacial score (nSPS) is 18.5. The predicted molar refractivity (Wildman–Crippen MR) is 76.6 cm³/mol. The number of alkyl halides is 3. The highest BCUT2D eigenvalue weighted by Gasteiger charge is 2.37. The molecule has 1 unspecified atom stereocenters. The summed E-state index contributed by atoms with van der Waals surface area (Å²) in [5, 5.41) is 13.3. The fourth-order valence-corrected chi connectivity index (χ4v) is 1.89. The Morgan fingerprint density at radius 2 is 2.08 bits per heavy atom. The molecule has 1 atom stereocenters. The molecule has 24 heavy (non-hydrogen) atoms. The van der Waals surface area contributed by atoms with Crippen molar-refractivity contribution in [2.75, 3.05) is 6.61 Å². The highest BCUT2D eigenvalue weighted by Crippen LogP contribution is 2.36. The Balaban J connectivity index is 2.38. The third-order valence-corrected chi connectivity index (χ3v) is 2.95. The van der Waals surface area contributed by atoms with E-state index in [1.54, 1.807) is 0 Å². The van der Waals surface area contributed by atoms with Crippen LogP contribution in [0, 0.1) is 0 Å². The molecule has 7 nitrogen and oxygen atoms in total. The number of aliphatic hydroxyl groups is 1. The lowest BCUT2D eigenvalue weighted by molar-refractivity contribution is -0.139. The average molecular weight is 347 g/mol. The number of nitrogens with zero attached hydrogens (tertiary/aromatic N) is 2. The zero-order chi connectivity index (χ0) is 18.1. The van der Waals surface area contributed by atoms with Crippen LogP contribution in [-0.2, 0) is 10.9 Å². The van der Waals surface area contributed by atoms with Crippen LogP contribution in [0.15, 0.2) is 17.4 Å². The topological polar surface area (TPSA) is 93.0 Å². The lowest BCUT2D eigenvalue weighted by Gasteiger charge is -2.22. The van der Waals surface area contributed by atoms with E-state index >= 15 is 0 Å². The molecule has 1 amide bonds. The number of carbonyl (C=O) groups is 1. The molecule has 0 fully saturated rings. The van der Waals surface area contributed by atoms with Gasteiger partial charge in [0.2, 0.25) is 5.88 Å². The molecule has 0 saturated heterocycles. The second-order valence-electron chi connectivity index (χ2n) is 5.83. The van der Waals surface area contributed by atoms with Crippen molar-refractivity contribution in [2.24, 2.45) is 5.10 Å². The van der Waals surface area contributed by atoms with Gasteiger partial charge in [-0.1, -0.05) is 0 Å². The van der Waals surface area contributed by atoms with Crippen LogP contribution in [0.3, 0.4) is 0 Å². The van der Waals surface area contributed by atoms with Crippen molar-refractivity contribution in [1.82, 2.24) is 10.4 Å². The number of hydrogen-bond donors (Lipinski definition) is 2. The molecule has 1 aromatic heterocycles. The minimum atomic E-state index is -4.72. The van der Waals surface area contributed by atoms with Crippen molar-refractivity contribution < 1.29 is 32.5 Å². The van der Waals surface area contributed by atoms with Gasteiger partial charge >= 0.3 is 12.3 Å². The van der Waals surface area contributed by atoms with E-state index in [2.05, 4.69) is 10.1 Å². The van der Waals surface area contributed by atoms with E-state index < -0.39 is 35.4 Å². The molecular formula is C14H16F3N3O4. The minimum absolute atomic E-state index is 0.0328. The summed E-state index contributed by atoms with van der Waals surface area (Å²) >= 11 is 0. The first-order chi connectivity index (χ1) is 11.0. The van der Waals surface area contributed by atoms with Crippen LogP contribution in [-0.4, -0.2) is 40.2 Å². The summed E-state index contributed by atoms with van der Waals surface area (Å²) in [5.74, 6) is -0.651. The van der Waals surface area contributed by atoms with Gasteiger partial charge in [0.25, 0.3) is 0 Å². The largest absolute Gasteiger partial charge is 0.474 e. The summed E-state index contributed by atoms with van der Waals surface area (Å²) in [6, 6.07) is 0.808. The number of rotatable bonds is 4. The molecule has 0 radical (unpaired) electrons. The Kier molecular flexibility index (Phi) is 4.70.